The summed E-state index contributed by atoms with van der Waals surface area (Å²) < 4.78 is 4.60. The predicted octanol–water partition coefficient (Wildman–Crippen LogP) is 2.06. The fourth-order valence-electron chi connectivity index (χ4n) is 1.49. The van der Waals surface area contributed by atoms with E-state index in [2.05, 4.69) is 22.7 Å². The van der Waals surface area contributed by atoms with Gasteiger partial charge < -0.3 is 4.74 Å². The number of pyridine rings is 1. The molecule has 0 saturated carbocycles. The summed E-state index contributed by atoms with van der Waals surface area (Å²) in [6.45, 7) is 4.05. The van der Waals surface area contributed by atoms with Crippen LogP contribution >= 0.6 is 0 Å². The van der Waals surface area contributed by atoms with E-state index in [4.69, 9.17) is 0 Å². The summed E-state index contributed by atoms with van der Waals surface area (Å²) in [5.74, 6) is -0.164. The van der Waals surface area contributed by atoms with Gasteiger partial charge in [0.1, 0.15) is 0 Å². The molecule has 3 nitrogen and oxygen atoms in total. The van der Waals surface area contributed by atoms with Gasteiger partial charge in [0, 0.05) is 17.8 Å². The molecule has 82 valence electrons. The number of ether oxygens (including phenoxy) is 1. The Hall–Kier alpha value is -1.38. The molecule has 0 fully saturated rings. The van der Waals surface area contributed by atoms with Crippen LogP contribution in [-0.4, -0.2) is 18.1 Å². The molecule has 1 heterocycles. The van der Waals surface area contributed by atoms with Crippen LogP contribution in [0.5, 0.6) is 0 Å². The average Bonchev–Trinajstić information content (AvgIpc) is 2.25. The minimum absolute atomic E-state index is 0.164. The van der Waals surface area contributed by atoms with Gasteiger partial charge in [0.05, 0.1) is 7.11 Å². The van der Waals surface area contributed by atoms with Crippen molar-refractivity contribution >= 4 is 5.97 Å². The van der Waals surface area contributed by atoms with Gasteiger partial charge in [-0.2, -0.15) is 0 Å². The van der Waals surface area contributed by atoms with Gasteiger partial charge in [-0.3, -0.25) is 9.78 Å². The third kappa shape index (κ3) is 3.70. The molecule has 0 aliphatic heterocycles. The molecular weight excluding hydrogens is 190 g/mol. The highest BCUT2D eigenvalue weighted by atomic mass is 16.5. The lowest BCUT2D eigenvalue weighted by Crippen LogP contribution is -2.03. The highest BCUT2D eigenvalue weighted by Gasteiger charge is 2.03. The first kappa shape index (κ1) is 11.7. The molecule has 0 atom stereocenters. The number of nitrogens with zero attached hydrogens (tertiary/aromatic N) is 1. The Morgan fingerprint density at radius 3 is 2.80 bits per heavy atom. The van der Waals surface area contributed by atoms with E-state index in [-0.39, 0.29) is 5.97 Å². The van der Waals surface area contributed by atoms with Crippen LogP contribution in [-0.2, 0) is 22.4 Å². The van der Waals surface area contributed by atoms with Crippen molar-refractivity contribution in [2.24, 2.45) is 0 Å². The molecule has 0 unspecified atom stereocenters. The molecule has 0 amide bonds. The summed E-state index contributed by atoms with van der Waals surface area (Å²) >= 11 is 0. The normalized spacial score (nSPS) is 10.1. The highest BCUT2D eigenvalue weighted by Crippen LogP contribution is 2.09. The summed E-state index contributed by atoms with van der Waals surface area (Å²) in [5, 5.41) is 0. The molecule has 1 aromatic heterocycles. The van der Waals surface area contributed by atoms with E-state index in [1.807, 2.05) is 13.0 Å². The molecule has 0 aromatic carbocycles. The molecule has 3 heteroatoms. The van der Waals surface area contributed by atoms with E-state index < -0.39 is 0 Å². The van der Waals surface area contributed by atoms with Crippen LogP contribution in [0.3, 0.4) is 0 Å². The van der Waals surface area contributed by atoms with Crippen LogP contribution in [0.15, 0.2) is 12.1 Å². The van der Waals surface area contributed by atoms with Gasteiger partial charge in [-0.05, 0) is 37.5 Å². The number of aryl methyl sites for hydroxylation is 3. The molecule has 0 aliphatic rings. The standard InChI is InChI=1S/C12H17NO2/c1-4-11-8-10(7-9(2)13-11)5-6-12(14)15-3/h7-8H,4-6H2,1-3H3. The van der Waals surface area contributed by atoms with E-state index in [0.717, 1.165) is 29.8 Å². The van der Waals surface area contributed by atoms with Crippen LogP contribution in [0.25, 0.3) is 0 Å². The predicted molar refractivity (Wildman–Crippen MR) is 58.7 cm³/mol. The van der Waals surface area contributed by atoms with Gasteiger partial charge in [-0.25, -0.2) is 0 Å². The van der Waals surface area contributed by atoms with Gasteiger partial charge in [0.15, 0.2) is 0 Å². The average molecular weight is 207 g/mol. The van der Waals surface area contributed by atoms with Crippen molar-refractivity contribution in [1.29, 1.82) is 0 Å². The van der Waals surface area contributed by atoms with Crippen LogP contribution in [0.4, 0.5) is 0 Å². The summed E-state index contributed by atoms with van der Waals surface area (Å²) in [5.41, 5.74) is 3.24. The SMILES string of the molecule is CCc1cc(CCC(=O)OC)cc(C)n1. The molecule has 0 aliphatic carbocycles. The molecule has 0 N–H and O–H groups in total. The lowest BCUT2D eigenvalue weighted by molar-refractivity contribution is -0.140. The van der Waals surface area contributed by atoms with Crippen molar-refractivity contribution < 1.29 is 9.53 Å². The smallest absolute Gasteiger partial charge is 0.305 e. The zero-order chi connectivity index (χ0) is 11.3. The van der Waals surface area contributed by atoms with Crippen LogP contribution in [0.2, 0.25) is 0 Å². The Morgan fingerprint density at radius 1 is 1.47 bits per heavy atom. The number of esters is 1. The van der Waals surface area contributed by atoms with Gasteiger partial charge >= 0.3 is 5.97 Å². The van der Waals surface area contributed by atoms with Crippen LogP contribution < -0.4 is 0 Å². The quantitative estimate of drug-likeness (QED) is 0.709. The Bertz CT molecular complexity index is 347. The van der Waals surface area contributed by atoms with Gasteiger partial charge in [-0.15, -0.1) is 0 Å². The first-order valence-electron chi connectivity index (χ1n) is 5.19. The largest absolute Gasteiger partial charge is 0.469 e. The fraction of sp³-hybridized carbons (Fsp3) is 0.500. The van der Waals surface area contributed by atoms with E-state index >= 15 is 0 Å². The van der Waals surface area contributed by atoms with E-state index in [1.54, 1.807) is 0 Å². The first-order valence-corrected chi connectivity index (χ1v) is 5.19. The second kappa shape index (κ2) is 5.49. The highest BCUT2D eigenvalue weighted by molar-refractivity contribution is 5.69. The van der Waals surface area contributed by atoms with Gasteiger partial charge in [0.2, 0.25) is 0 Å². The van der Waals surface area contributed by atoms with E-state index in [9.17, 15) is 4.79 Å². The second-order valence-corrected chi connectivity index (χ2v) is 3.54. The lowest BCUT2D eigenvalue weighted by Gasteiger charge is -2.04. The van der Waals surface area contributed by atoms with Crippen molar-refractivity contribution in [3.05, 3.63) is 29.1 Å². The van der Waals surface area contributed by atoms with E-state index in [1.165, 1.54) is 7.11 Å². The number of aromatic nitrogens is 1. The van der Waals surface area contributed by atoms with Crippen LogP contribution in [0.1, 0.15) is 30.3 Å². The van der Waals surface area contributed by atoms with Crippen molar-refractivity contribution in [2.75, 3.05) is 7.11 Å². The molecule has 15 heavy (non-hydrogen) atoms. The third-order valence-corrected chi connectivity index (χ3v) is 2.27. The maximum atomic E-state index is 11.0. The lowest BCUT2D eigenvalue weighted by atomic mass is 10.1. The first-order chi connectivity index (χ1) is 7.15. The minimum Gasteiger partial charge on any atom is -0.469 e. The van der Waals surface area contributed by atoms with Crippen molar-refractivity contribution in [1.82, 2.24) is 4.98 Å². The second-order valence-electron chi connectivity index (χ2n) is 3.54. The summed E-state index contributed by atoms with van der Waals surface area (Å²) in [7, 11) is 1.41. The van der Waals surface area contributed by atoms with Crippen LogP contribution in [0, 0.1) is 6.92 Å². The molecule has 1 aromatic rings. The fourth-order valence-corrected chi connectivity index (χ4v) is 1.49. The Morgan fingerprint density at radius 2 is 2.20 bits per heavy atom. The maximum Gasteiger partial charge on any atom is 0.305 e. The Balaban J connectivity index is 2.68. The summed E-state index contributed by atoms with van der Waals surface area (Å²) in [6, 6.07) is 4.07. The summed E-state index contributed by atoms with van der Waals surface area (Å²) in [4.78, 5) is 15.4. The Labute approximate surface area is 90.5 Å². The number of methoxy groups -OCH3 is 1. The van der Waals surface area contributed by atoms with Gasteiger partial charge in [0.25, 0.3) is 0 Å². The number of rotatable bonds is 4. The van der Waals surface area contributed by atoms with Crippen molar-refractivity contribution in [2.45, 2.75) is 33.1 Å². The number of hydrogen-bond acceptors (Lipinski definition) is 3. The molecule has 0 spiro atoms. The molecule has 0 radical (unpaired) electrons. The minimum atomic E-state index is -0.164. The number of carbonyl (C=O) groups excluding carboxylic acids is 1. The van der Waals surface area contributed by atoms with Crippen molar-refractivity contribution in [3.8, 4) is 0 Å². The summed E-state index contributed by atoms with van der Waals surface area (Å²) in [6.07, 6.45) is 2.08. The zero-order valence-electron chi connectivity index (χ0n) is 9.54. The third-order valence-electron chi connectivity index (χ3n) is 2.27. The van der Waals surface area contributed by atoms with Crippen molar-refractivity contribution in [3.63, 3.8) is 0 Å². The monoisotopic (exact) mass is 207 g/mol. The molecular formula is C12H17NO2. The topological polar surface area (TPSA) is 39.2 Å². The maximum absolute atomic E-state index is 11.0. The number of carbonyl (C=O) groups is 1. The molecule has 0 bridgehead atoms. The number of hydrogen-bond donors (Lipinski definition) is 0. The molecule has 0 saturated heterocycles. The Kier molecular flexibility index (Phi) is 4.28. The van der Waals surface area contributed by atoms with E-state index in [0.29, 0.717) is 6.42 Å². The molecule has 1 rings (SSSR count). The zero-order valence-corrected chi connectivity index (χ0v) is 9.54. The van der Waals surface area contributed by atoms with Gasteiger partial charge in [-0.1, -0.05) is 6.92 Å².